The Bertz CT molecular complexity index is 566. The fourth-order valence-corrected chi connectivity index (χ4v) is 4.27. The maximum absolute atomic E-state index is 12.6. The van der Waals surface area contributed by atoms with Crippen molar-refractivity contribution in [2.75, 3.05) is 14.2 Å². The lowest BCUT2D eigenvalue weighted by Gasteiger charge is -2.23. The maximum Gasteiger partial charge on any atom is 0.244 e. The summed E-state index contributed by atoms with van der Waals surface area (Å²) in [4.78, 5) is 0.225. The van der Waals surface area contributed by atoms with E-state index < -0.39 is 10.0 Å². The molecule has 0 amide bonds. The Morgan fingerprint density at radius 1 is 1.24 bits per heavy atom. The van der Waals surface area contributed by atoms with Crippen LogP contribution in [-0.2, 0) is 16.6 Å². The third kappa shape index (κ3) is 4.18. The minimum Gasteiger partial charge on any atom is -0.495 e. The van der Waals surface area contributed by atoms with E-state index in [-0.39, 0.29) is 10.9 Å². The topological polar surface area (TPSA) is 67.4 Å². The summed E-state index contributed by atoms with van der Waals surface area (Å²) in [5.74, 6) is 0.387. The first-order chi connectivity index (χ1) is 10.1. The highest BCUT2D eigenvalue weighted by Crippen LogP contribution is 2.27. The lowest BCUT2D eigenvalue weighted by atomic mass is 9.96. The Morgan fingerprint density at radius 2 is 1.95 bits per heavy atom. The van der Waals surface area contributed by atoms with Crippen molar-refractivity contribution in [3.63, 3.8) is 0 Å². The Kier molecular flexibility index (Phi) is 5.61. The molecule has 0 aliphatic heterocycles. The van der Waals surface area contributed by atoms with Gasteiger partial charge in [0.2, 0.25) is 10.0 Å². The van der Waals surface area contributed by atoms with Gasteiger partial charge in [-0.2, -0.15) is 0 Å². The quantitative estimate of drug-likeness (QED) is 0.843. The van der Waals surface area contributed by atoms with Gasteiger partial charge in [0, 0.05) is 12.6 Å². The molecule has 1 aromatic carbocycles. The van der Waals surface area contributed by atoms with E-state index in [9.17, 15) is 8.42 Å². The molecule has 1 aromatic rings. The minimum absolute atomic E-state index is 0.0430. The molecule has 118 valence electrons. The molecule has 5 nitrogen and oxygen atoms in total. The second-order valence-corrected chi connectivity index (χ2v) is 7.15. The van der Waals surface area contributed by atoms with Gasteiger partial charge in [-0.25, -0.2) is 13.1 Å². The minimum atomic E-state index is -3.55. The molecule has 2 rings (SSSR count). The summed E-state index contributed by atoms with van der Waals surface area (Å²) in [6.07, 6.45) is 5.20. The van der Waals surface area contributed by atoms with Crippen LogP contribution < -0.4 is 14.8 Å². The highest BCUT2D eigenvalue weighted by molar-refractivity contribution is 7.89. The number of sulfonamides is 1. The van der Waals surface area contributed by atoms with E-state index in [1.165, 1.54) is 13.5 Å². The van der Waals surface area contributed by atoms with E-state index in [2.05, 4.69) is 10.0 Å². The molecular formula is C15H24N2O3S. The monoisotopic (exact) mass is 312 g/mol. The van der Waals surface area contributed by atoms with Gasteiger partial charge < -0.3 is 10.1 Å². The summed E-state index contributed by atoms with van der Waals surface area (Å²) in [7, 11) is -0.221. The smallest absolute Gasteiger partial charge is 0.244 e. The molecule has 0 bridgehead atoms. The Hall–Kier alpha value is -1.11. The van der Waals surface area contributed by atoms with Crippen molar-refractivity contribution in [2.45, 2.75) is 49.6 Å². The van der Waals surface area contributed by atoms with Gasteiger partial charge >= 0.3 is 0 Å². The zero-order chi connectivity index (χ0) is 15.3. The Labute approximate surface area is 127 Å². The molecule has 0 radical (unpaired) electrons. The Morgan fingerprint density at radius 3 is 2.57 bits per heavy atom. The molecule has 0 heterocycles. The third-order valence-electron chi connectivity index (χ3n) is 3.83. The van der Waals surface area contributed by atoms with Gasteiger partial charge in [0.05, 0.1) is 7.11 Å². The molecule has 2 N–H and O–H groups in total. The van der Waals surface area contributed by atoms with Crippen LogP contribution in [0.4, 0.5) is 0 Å². The van der Waals surface area contributed by atoms with Crippen molar-refractivity contribution < 1.29 is 13.2 Å². The molecule has 0 unspecified atom stereocenters. The number of nitrogens with one attached hydrogen (secondary N) is 2. The van der Waals surface area contributed by atoms with Crippen molar-refractivity contribution in [3.8, 4) is 5.75 Å². The summed E-state index contributed by atoms with van der Waals surface area (Å²) in [6, 6.07) is 5.30. The first kappa shape index (κ1) is 16.3. The average molecular weight is 312 g/mol. The van der Waals surface area contributed by atoms with Crippen molar-refractivity contribution in [1.29, 1.82) is 0 Å². The van der Waals surface area contributed by atoms with Gasteiger partial charge in [-0.1, -0.05) is 25.3 Å². The number of hydrogen-bond donors (Lipinski definition) is 2. The zero-order valence-corrected chi connectivity index (χ0v) is 13.5. The summed E-state index contributed by atoms with van der Waals surface area (Å²) >= 11 is 0. The fourth-order valence-electron chi connectivity index (χ4n) is 2.75. The number of rotatable bonds is 6. The van der Waals surface area contributed by atoms with Crippen molar-refractivity contribution in [1.82, 2.24) is 10.0 Å². The SMILES string of the molecule is CNCc1ccc(OC)c(S(=O)(=O)NC2CCCCC2)c1. The van der Waals surface area contributed by atoms with Gasteiger partial charge in [-0.05, 0) is 37.6 Å². The first-order valence-electron chi connectivity index (χ1n) is 7.40. The van der Waals surface area contributed by atoms with Crippen molar-refractivity contribution >= 4 is 10.0 Å². The molecule has 1 fully saturated rings. The van der Waals surface area contributed by atoms with E-state index in [0.717, 1.165) is 31.2 Å². The van der Waals surface area contributed by atoms with Gasteiger partial charge in [0.1, 0.15) is 10.6 Å². The van der Waals surface area contributed by atoms with Crippen LogP contribution in [0.2, 0.25) is 0 Å². The summed E-state index contributed by atoms with van der Waals surface area (Å²) in [6.45, 7) is 0.621. The van der Waals surface area contributed by atoms with Gasteiger partial charge in [-0.3, -0.25) is 0 Å². The molecular weight excluding hydrogens is 288 g/mol. The predicted molar refractivity (Wildman–Crippen MR) is 83.0 cm³/mol. The highest BCUT2D eigenvalue weighted by atomic mass is 32.2. The molecule has 21 heavy (non-hydrogen) atoms. The zero-order valence-electron chi connectivity index (χ0n) is 12.7. The normalized spacial score (nSPS) is 16.9. The lowest BCUT2D eigenvalue weighted by molar-refractivity contribution is 0.396. The fraction of sp³-hybridized carbons (Fsp3) is 0.600. The van der Waals surface area contributed by atoms with Crippen LogP contribution in [0.5, 0.6) is 5.75 Å². The van der Waals surface area contributed by atoms with Crippen LogP contribution in [0, 0.1) is 0 Å². The van der Waals surface area contributed by atoms with Crippen LogP contribution in [0.1, 0.15) is 37.7 Å². The van der Waals surface area contributed by atoms with Crippen molar-refractivity contribution in [2.24, 2.45) is 0 Å². The lowest BCUT2D eigenvalue weighted by Crippen LogP contribution is -2.36. The second kappa shape index (κ2) is 7.24. The largest absolute Gasteiger partial charge is 0.495 e. The van der Waals surface area contributed by atoms with Crippen LogP contribution in [0.15, 0.2) is 23.1 Å². The summed E-state index contributed by atoms with van der Waals surface area (Å²) < 4.78 is 33.3. The summed E-state index contributed by atoms with van der Waals surface area (Å²) in [5.41, 5.74) is 0.919. The Balaban J connectivity index is 2.26. The van der Waals surface area contributed by atoms with E-state index >= 15 is 0 Å². The number of methoxy groups -OCH3 is 1. The standard InChI is InChI=1S/C15H24N2O3S/c1-16-11-12-8-9-14(20-2)15(10-12)21(18,19)17-13-6-4-3-5-7-13/h8-10,13,16-17H,3-7,11H2,1-2H3. The van der Waals surface area contributed by atoms with Gasteiger partial charge in [0.25, 0.3) is 0 Å². The van der Waals surface area contributed by atoms with E-state index in [4.69, 9.17) is 4.74 Å². The van der Waals surface area contributed by atoms with Crippen molar-refractivity contribution in [3.05, 3.63) is 23.8 Å². The van der Waals surface area contributed by atoms with Gasteiger partial charge in [0.15, 0.2) is 0 Å². The molecule has 0 spiro atoms. The highest BCUT2D eigenvalue weighted by Gasteiger charge is 2.25. The molecule has 1 aliphatic carbocycles. The van der Waals surface area contributed by atoms with Crippen LogP contribution in [0.3, 0.4) is 0 Å². The molecule has 0 saturated heterocycles. The van der Waals surface area contributed by atoms with Crippen LogP contribution >= 0.6 is 0 Å². The first-order valence-corrected chi connectivity index (χ1v) is 8.89. The molecule has 0 aromatic heterocycles. The van der Waals surface area contributed by atoms with Crippen LogP contribution in [0.25, 0.3) is 0 Å². The summed E-state index contributed by atoms with van der Waals surface area (Å²) in [5, 5.41) is 3.03. The number of hydrogen-bond acceptors (Lipinski definition) is 4. The second-order valence-electron chi connectivity index (χ2n) is 5.47. The van der Waals surface area contributed by atoms with E-state index in [1.54, 1.807) is 12.1 Å². The predicted octanol–water partition coefficient (Wildman–Crippen LogP) is 2.03. The molecule has 6 heteroatoms. The third-order valence-corrected chi connectivity index (χ3v) is 5.37. The molecule has 0 atom stereocenters. The van der Waals surface area contributed by atoms with Crippen LogP contribution in [-0.4, -0.2) is 28.6 Å². The van der Waals surface area contributed by atoms with E-state index in [1.807, 2.05) is 13.1 Å². The van der Waals surface area contributed by atoms with E-state index in [0.29, 0.717) is 12.3 Å². The van der Waals surface area contributed by atoms with Gasteiger partial charge in [-0.15, -0.1) is 0 Å². The number of ether oxygens (including phenoxy) is 1. The molecule has 1 saturated carbocycles. The average Bonchev–Trinajstić information content (AvgIpc) is 2.48. The molecule has 1 aliphatic rings. The maximum atomic E-state index is 12.6. The number of benzene rings is 1.